The van der Waals surface area contributed by atoms with Crippen LogP contribution in [0.1, 0.15) is 52.5 Å². The maximum atomic E-state index is 12.7. The summed E-state index contributed by atoms with van der Waals surface area (Å²) in [5, 5.41) is -0.0302. The molecule has 1 amide bonds. The molecule has 2 atom stereocenters. The van der Waals surface area contributed by atoms with Crippen LogP contribution in [-0.2, 0) is 25.7 Å². The van der Waals surface area contributed by atoms with Crippen LogP contribution in [-0.4, -0.2) is 45.5 Å². The molecule has 0 unspecified atom stereocenters. The predicted octanol–water partition coefficient (Wildman–Crippen LogP) is 4.17. The van der Waals surface area contributed by atoms with Crippen molar-refractivity contribution in [3.05, 3.63) is 35.9 Å². The third-order valence-corrected chi connectivity index (χ3v) is 5.28. The molecule has 1 saturated heterocycles. The number of likely N-dealkylation sites (tertiary alicyclic amines) is 1. The number of carbonyl (C=O) groups is 3. The van der Waals surface area contributed by atoms with Crippen LogP contribution in [0.4, 0.5) is 4.79 Å². The maximum absolute atomic E-state index is 12.7. The molecule has 1 heterocycles. The SMILES string of the molecule is CC(=O)O[C@@H]1CCCN(C(=O)OCc2ccccc2)[C@H]1CC(=O)SC(C)(C)C. The number of carbonyl (C=O) groups excluding carboxylic acids is 3. The molecule has 0 aromatic heterocycles. The van der Waals surface area contributed by atoms with Crippen LogP contribution in [0.15, 0.2) is 30.3 Å². The van der Waals surface area contributed by atoms with Gasteiger partial charge >= 0.3 is 12.1 Å². The summed E-state index contributed by atoms with van der Waals surface area (Å²) in [7, 11) is 0. The summed E-state index contributed by atoms with van der Waals surface area (Å²) in [6, 6.07) is 8.91. The molecule has 1 aromatic rings. The minimum absolute atomic E-state index is 0.0302. The van der Waals surface area contributed by atoms with E-state index >= 15 is 0 Å². The number of rotatable bonds is 5. The summed E-state index contributed by atoms with van der Waals surface area (Å²) in [5.41, 5.74) is 0.889. The Morgan fingerprint density at radius 1 is 1.18 bits per heavy atom. The third kappa shape index (κ3) is 7.19. The van der Waals surface area contributed by atoms with Crippen molar-refractivity contribution in [2.75, 3.05) is 6.54 Å². The third-order valence-electron chi connectivity index (χ3n) is 4.27. The first-order valence-corrected chi connectivity index (χ1v) is 10.3. The summed E-state index contributed by atoms with van der Waals surface area (Å²) in [5.74, 6) is -0.412. The quantitative estimate of drug-likeness (QED) is 0.682. The zero-order chi connectivity index (χ0) is 20.7. The minimum Gasteiger partial charge on any atom is -0.460 e. The van der Waals surface area contributed by atoms with Crippen LogP contribution in [0.25, 0.3) is 0 Å². The topological polar surface area (TPSA) is 72.9 Å². The number of ether oxygens (including phenoxy) is 2. The first-order chi connectivity index (χ1) is 13.2. The van der Waals surface area contributed by atoms with E-state index in [1.165, 1.54) is 18.7 Å². The Labute approximate surface area is 170 Å². The zero-order valence-electron chi connectivity index (χ0n) is 17.0. The lowest BCUT2D eigenvalue weighted by Gasteiger charge is -2.39. The molecule has 0 aliphatic carbocycles. The van der Waals surface area contributed by atoms with Gasteiger partial charge in [0.15, 0.2) is 5.12 Å². The monoisotopic (exact) mass is 407 g/mol. The molecule has 28 heavy (non-hydrogen) atoms. The summed E-state index contributed by atoms with van der Waals surface area (Å²) in [6.07, 6.45) is 0.454. The minimum atomic E-state index is -0.511. The Bertz CT molecular complexity index is 686. The second-order valence-corrected chi connectivity index (χ2v) is 9.77. The molecule has 1 fully saturated rings. The van der Waals surface area contributed by atoms with Crippen molar-refractivity contribution in [2.24, 2.45) is 0 Å². The number of thioether (sulfide) groups is 1. The van der Waals surface area contributed by atoms with Gasteiger partial charge in [0, 0.05) is 24.6 Å². The van der Waals surface area contributed by atoms with Crippen molar-refractivity contribution in [3.8, 4) is 0 Å². The number of piperidine rings is 1. The van der Waals surface area contributed by atoms with Crippen molar-refractivity contribution in [1.82, 2.24) is 4.90 Å². The van der Waals surface area contributed by atoms with Crippen molar-refractivity contribution in [2.45, 2.75) is 70.5 Å². The number of nitrogens with zero attached hydrogens (tertiary/aromatic N) is 1. The lowest BCUT2D eigenvalue weighted by molar-refractivity contribution is -0.152. The van der Waals surface area contributed by atoms with Gasteiger partial charge in [-0.1, -0.05) is 62.9 Å². The predicted molar refractivity (Wildman–Crippen MR) is 109 cm³/mol. The van der Waals surface area contributed by atoms with Gasteiger partial charge in [0.05, 0.1) is 6.04 Å². The first-order valence-electron chi connectivity index (χ1n) is 9.52. The molecule has 0 spiro atoms. The van der Waals surface area contributed by atoms with Crippen LogP contribution in [0.2, 0.25) is 0 Å². The molecule has 6 nitrogen and oxygen atoms in total. The van der Waals surface area contributed by atoms with Crippen molar-refractivity contribution in [3.63, 3.8) is 0 Å². The Morgan fingerprint density at radius 3 is 2.46 bits per heavy atom. The number of hydrogen-bond donors (Lipinski definition) is 0. The van der Waals surface area contributed by atoms with Gasteiger partial charge < -0.3 is 14.4 Å². The van der Waals surface area contributed by atoms with Crippen LogP contribution < -0.4 is 0 Å². The lowest BCUT2D eigenvalue weighted by Crippen LogP contribution is -2.53. The van der Waals surface area contributed by atoms with Crippen LogP contribution in [0.5, 0.6) is 0 Å². The highest BCUT2D eigenvalue weighted by molar-refractivity contribution is 8.14. The van der Waals surface area contributed by atoms with E-state index in [-0.39, 0.29) is 22.9 Å². The van der Waals surface area contributed by atoms with E-state index in [0.717, 1.165) is 5.56 Å². The van der Waals surface area contributed by atoms with Crippen molar-refractivity contribution >= 4 is 28.9 Å². The van der Waals surface area contributed by atoms with Gasteiger partial charge in [0.1, 0.15) is 12.7 Å². The molecule has 154 valence electrons. The lowest BCUT2D eigenvalue weighted by atomic mass is 9.96. The Morgan fingerprint density at radius 2 is 1.86 bits per heavy atom. The molecule has 7 heteroatoms. The normalized spacial score (nSPS) is 19.8. The van der Waals surface area contributed by atoms with Gasteiger partial charge in [0.25, 0.3) is 0 Å². The fourth-order valence-corrected chi connectivity index (χ4v) is 4.13. The van der Waals surface area contributed by atoms with E-state index in [2.05, 4.69) is 0 Å². The highest BCUT2D eigenvalue weighted by atomic mass is 32.2. The fourth-order valence-electron chi connectivity index (χ4n) is 3.20. The molecule has 0 saturated carbocycles. The maximum Gasteiger partial charge on any atom is 0.410 e. The van der Waals surface area contributed by atoms with Crippen LogP contribution in [0, 0.1) is 0 Å². The summed E-state index contributed by atoms with van der Waals surface area (Å²) in [4.78, 5) is 38.3. The molecule has 1 aliphatic heterocycles. The fraction of sp³-hybridized carbons (Fsp3) is 0.571. The van der Waals surface area contributed by atoms with Crippen LogP contribution in [0.3, 0.4) is 0 Å². The molecule has 1 aromatic carbocycles. The van der Waals surface area contributed by atoms with E-state index in [4.69, 9.17) is 9.47 Å². The summed E-state index contributed by atoms with van der Waals surface area (Å²) in [6.45, 7) is 7.87. The van der Waals surface area contributed by atoms with Crippen molar-refractivity contribution < 1.29 is 23.9 Å². The summed E-state index contributed by atoms with van der Waals surface area (Å²) < 4.78 is 10.7. The molecular weight excluding hydrogens is 378 g/mol. The molecule has 1 aliphatic rings. The van der Waals surface area contributed by atoms with E-state index in [0.29, 0.717) is 19.4 Å². The van der Waals surface area contributed by atoms with Crippen molar-refractivity contribution in [1.29, 1.82) is 0 Å². The zero-order valence-corrected chi connectivity index (χ0v) is 17.8. The number of amides is 1. The van der Waals surface area contributed by atoms with Gasteiger partial charge in [-0.2, -0.15) is 0 Å². The van der Waals surface area contributed by atoms with E-state index < -0.39 is 24.2 Å². The van der Waals surface area contributed by atoms with E-state index in [1.807, 2.05) is 51.1 Å². The smallest absolute Gasteiger partial charge is 0.410 e. The molecule has 0 bridgehead atoms. The van der Waals surface area contributed by atoms with E-state index in [1.54, 1.807) is 4.90 Å². The van der Waals surface area contributed by atoms with Crippen LogP contribution >= 0.6 is 11.8 Å². The first kappa shape index (κ1) is 22.3. The molecule has 0 N–H and O–H groups in total. The van der Waals surface area contributed by atoms with E-state index in [9.17, 15) is 14.4 Å². The number of benzene rings is 1. The highest BCUT2D eigenvalue weighted by Crippen LogP contribution is 2.30. The largest absolute Gasteiger partial charge is 0.460 e. The Hall–Kier alpha value is -2.02. The Balaban J connectivity index is 2.09. The number of hydrogen-bond acceptors (Lipinski definition) is 6. The van der Waals surface area contributed by atoms with Gasteiger partial charge in [-0.05, 0) is 18.4 Å². The molecular formula is C21H29NO5S. The average molecular weight is 408 g/mol. The second kappa shape index (κ2) is 9.96. The van der Waals surface area contributed by atoms with Gasteiger partial charge in [-0.25, -0.2) is 4.79 Å². The molecule has 2 rings (SSSR count). The van der Waals surface area contributed by atoms with Gasteiger partial charge in [0.2, 0.25) is 0 Å². The number of esters is 1. The van der Waals surface area contributed by atoms with Gasteiger partial charge in [-0.3, -0.25) is 9.59 Å². The summed E-state index contributed by atoms with van der Waals surface area (Å²) >= 11 is 1.24. The highest BCUT2D eigenvalue weighted by Gasteiger charge is 2.39. The second-order valence-electron chi connectivity index (χ2n) is 7.88. The standard InChI is InChI=1S/C21H29NO5S/c1-15(23)27-18-11-8-12-22(17(18)13-19(24)28-21(2,3)4)20(25)26-14-16-9-6-5-7-10-16/h5-7,9-10,17-18H,8,11-14H2,1-4H3/t17-,18+/m0/s1. The average Bonchev–Trinajstić information content (AvgIpc) is 2.60. The molecule has 0 radical (unpaired) electrons. The van der Waals surface area contributed by atoms with Gasteiger partial charge in [-0.15, -0.1) is 0 Å². The Kier molecular flexibility index (Phi) is 7.92.